The van der Waals surface area contributed by atoms with Gasteiger partial charge in [-0.3, -0.25) is 14.4 Å². The first-order valence-corrected chi connectivity index (χ1v) is 10.8. The van der Waals surface area contributed by atoms with Crippen LogP contribution in [-0.4, -0.2) is 55.9 Å². The minimum atomic E-state index is -4.86. The normalized spacial score (nSPS) is 19.3. The van der Waals surface area contributed by atoms with E-state index in [0.29, 0.717) is 13.0 Å². The lowest BCUT2D eigenvalue weighted by atomic mass is 9.97. The van der Waals surface area contributed by atoms with Gasteiger partial charge in [0.15, 0.2) is 0 Å². The number of halogens is 3. The Kier molecular flexibility index (Phi) is 6.67. The van der Waals surface area contributed by atoms with Crippen molar-refractivity contribution >= 4 is 16.8 Å². The Morgan fingerprint density at radius 2 is 2.06 bits per heavy atom. The number of ether oxygens (including phenoxy) is 1. The maximum Gasteiger partial charge on any atom is 0.573 e. The van der Waals surface area contributed by atoms with Gasteiger partial charge >= 0.3 is 6.36 Å². The number of hydrogen-bond acceptors (Lipinski definition) is 6. The lowest BCUT2D eigenvalue weighted by molar-refractivity contribution is -0.274. The van der Waals surface area contributed by atoms with Crippen LogP contribution in [0.1, 0.15) is 24.0 Å². The Morgan fingerprint density at radius 3 is 2.82 bits per heavy atom. The molecule has 1 aliphatic heterocycles. The molecule has 1 aliphatic rings. The van der Waals surface area contributed by atoms with Crippen LogP contribution < -0.4 is 10.1 Å². The molecule has 0 spiro atoms. The van der Waals surface area contributed by atoms with Crippen LogP contribution in [0.25, 0.3) is 10.9 Å². The van der Waals surface area contributed by atoms with Crippen molar-refractivity contribution in [2.24, 2.45) is 7.05 Å². The van der Waals surface area contributed by atoms with Gasteiger partial charge in [0.1, 0.15) is 11.5 Å². The second kappa shape index (κ2) is 9.51. The topological polar surface area (TPSA) is 99.9 Å². The summed E-state index contributed by atoms with van der Waals surface area (Å²) in [6.07, 6.45) is -3.10. The summed E-state index contributed by atoms with van der Waals surface area (Å²) in [5.74, 6) is -0.989. The van der Waals surface area contributed by atoms with Crippen molar-refractivity contribution in [3.63, 3.8) is 0 Å². The van der Waals surface area contributed by atoms with Gasteiger partial charge in [0.25, 0.3) is 0 Å². The van der Waals surface area contributed by atoms with Crippen molar-refractivity contribution in [1.82, 2.24) is 20.0 Å². The van der Waals surface area contributed by atoms with Crippen LogP contribution in [0.3, 0.4) is 0 Å². The molecule has 2 atom stereocenters. The first-order valence-electron chi connectivity index (χ1n) is 10.8. The molecule has 4 rings (SSSR count). The van der Waals surface area contributed by atoms with Gasteiger partial charge in [-0.15, -0.1) is 13.2 Å². The number of alkyl halides is 3. The number of fused-ring (bicyclic) bond motifs is 1. The Balaban J connectivity index is 1.48. The zero-order valence-electron chi connectivity index (χ0n) is 18.4. The number of aromatic hydroxyl groups is 1. The van der Waals surface area contributed by atoms with Crippen molar-refractivity contribution in [1.29, 1.82) is 0 Å². The van der Waals surface area contributed by atoms with E-state index < -0.39 is 24.3 Å². The molecule has 8 nitrogen and oxygen atoms in total. The third-order valence-corrected chi connectivity index (χ3v) is 5.83. The van der Waals surface area contributed by atoms with Crippen molar-refractivity contribution in [2.45, 2.75) is 44.4 Å². The Morgan fingerprint density at radius 1 is 1.26 bits per heavy atom. The number of phenols is 1. The first-order chi connectivity index (χ1) is 16.1. The predicted molar refractivity (Wildman–Crippen MR) is 117 cm³/mol. The number of nitrogens with one attached hydrogen (secondary N) is 1. The summed E-state index contributed by atoms with van der Waals surface area (Å²) in [6.45, 7) is 0.578. The maximum atomic E-state index is 13.1. The van der Waals surface area contributed by atoms with Gasteiger partial charge in [-0.2, -0.15) is 5.10 Å². The maximum absolute atomic E-state index is 13.1. The number of piperidine rings is 1. The molecule has 34 heavy (non-hydrogen) atoms. The molecule has 3 N–H and O–H groups in total. The summed E-state index contributed by atoms with van der Waals surface area (Å²) in [5.41, 5.74) is 1.80. The Labute approximate surface area is 193 Å². The number of phenolic OH excluding ortho intramolecular Hbond substituents is 1. The van der Waals surface area contributed by atoms with E-state index >= 15 is 0 Å². The minimum Gasteiger partial charge on any atom is -0.508 e. The number of aliphatic hydroxyl groups is 1. The third kappa shape index (κ3) is 5.60. The van der Waals surface area contributed by atoms with Crippen LogP contribution in [0.5, 0.6) is 11.5 Å². The number of amides is 1. The van der Waals surface area contributed by atoms with E-state index in [1.165, 1.54) is 0 Å². The number of likely N-dealkylation sites (tertiary alicyclic amines) is 1. The summed E-state index contributed by atoms with van der Waals surface area (Å²) in [7, 11) is 1.81. The third-order valence-electron chi connectivity index (χ3n) is 5.83. The van der Waals surface area contributed by atoms with Gasteiger partial charge in [0.05, 0.1) is 17.7 Å². The average molecular weight is 478 g/mol. The first kappa shape index (κ1) is 23.8. The lowest BCUT2D eigenvalue weighted by Crippen LogP contribution is -2.51. The summed E-state index contributed by atoms with van der Waals surface area (Å²) < 4.78 is 43.4. The van der Waals surface area contributed by atoms with Crippen molar-refractivity contribution < 1.29 is 32.9 Å². The second-order valence-corrected chi connectivity index (χ2v) is 8.38. The van der Waals surface area contributed by atoms with Gasteiger partial charge in [-0.05, 0) is 36.6 Å². The fourth-order valence-corrected chi connectivity index (χ4v) is 4.23. The van der Waals surface area contributed by atoms with E-state index in [1.54, 1.807) is 9.58 Å². The number of rotatable bonds is 6. The molecular formula is C23H25F3N4O4. The van der Waals surface area contributed by atoms with Crippen LogP contribution in [0.15, 0.2) is 42.6 Å². The zero-order valence-corrected chi connectivity index (χ0v) is 18.4. The molecule has 0 saturated carbocycles. The van der Waals surface area contributed by atoms with Gasteiger partial charge in [-0.1, -0.05) is 18.2 Å². The highest BCUT2D eigenvalue weighted by Gasteiger charge is 2.34. The highest BCUT2D eigenvalue weighted by atomic mass is 19.4. The molecular weight excluding hydrogens is 453 g/mol. The summed E-state index contributed by atoms with van der Waals surface area (Å²) in [6, 6.07) is 8.19. The molecule has 0 unspecified atom stereocenters. The molecule has 1 saturated heterocycles. The van der Waals surface area contributed by atoms with Crippen LogP contribution in [0, 0.1) is 0 Å². The second-order valence-electron chi connectivity index (χ2n) is 8.38. The quantitative estimate of drug-likeness (QED) is 0.504. The lowest BCUT2D eigenvalue weighted by Gasteiger charge is -2.37. The fraction of sp³-hybridized carbons (Fsp3) is 0.391. The highest BCUT2D eigenvalue weighted by molar-refractivity contribution is 5.84. The zero-order chi connectivity index (χ0) is 24.5. The SMILES string of the molecule is Cn1cc2cccc(CNC(=O)[C@@H]3C[C@H](O)CCN3Cc3cc(OC(F)(F)F)ccc3O)c2n1. The number of benzene rings is 2. The minimum absolute atomic E-state index is 0.0154. The molecule has 0 aliphatic carbocycles. The monoisotopic (exact) mass is 478 g/mol. The fourth-order valence-electron chi connectivity index (χ4n) is 4.23. The van der Waals surface area contributed by atoms with Crippen LogP contribution in [-0.2, 0) is 24.9 Å². The van der Waals surface area contributed by atoms with Crippen molar-refractivity contribution in [3.05, 3.63) is 53.7 Å². The van der Waals surface area contributed by atoms with Gasteiger partial charge in [-0.25, -0.2) is 0 Å². The Hall–Kier alpha value is -3.31. The molecule has 0 radical (unpaired) electrons. The molecule has 1 aromatic heterocycles. The van der Waals surface area contributed by atoms with E-state index in [4.69, 9.17) is 0 Å². The van der Waals surface area contributed by atoms with Gasteiger partial charge < -0.3 is 20.3 Å². The number of nitrogens with zero attached hydrogens (tertiary/aromatic N) is 3. The predicted octanol–water partition coefficient (Wildman–Crippen LogP) is 2.82. The van der Waals surface area contributed by atoms with E-state index in [0.717, 1.165) is 34.7 Å². The molecule has 1 amide bonds. The molecule has 11 heteroatoms. The average Bonchev–Trinajstić information content (AvgIpc) is 3.15. The number of aryl methyl sites for hydroxylation is 1. The molecule has 3 aromatic rings. The molecule has 2 aromatic carbocycles. The number of carbonyl (C=O) groups excluding carboxylic acids is 1. The summed E-state index contributed by atoms with van der Waals surface area (Å²) >= 11 is 0. The van der Waals surface area contributed by atoms with Gasteiger partial charge in [0, 0.05) is 43.8 Å². The highest BCUT2D eigenvalue weighted by Crippen LogP contribution is 2.30. The van der Waals surface area contributed by atoms with Crippen LogP contribution in [0.4, 0.5) is 13.2 Å². The molecule has 0 bridgehead atoms. The number of hydrogen-bond donors (Lipinski definition) is 3. The molecule has 2 heterocycles. The largest absolute Gasteiger partial charge is 0.573 e. The van der Waals surface area contributed by atoms with Gasteiger partial charge in [0.2, 0.25) is 5.91 Å². The van der Waals surface area contributed by atoms with Crippen molar-refractivity contribution in [3.8, 4) is 11.5 Å². The van der Waals surface area contributed by atoms with Crippen LogP contribution in [0.2, 0.25) is 0 Å². The van der Waals surface area contributed by atoms with E-state index in [-0.39, 0.29) is 36.7 Å². The molecule has 1 fully saturated rings. The van der Waals surface area contributed by atoms with E-state index in [9.17, 15) is 28.2 Å². The smallest absolute Gasteiger partial charge is 0.508 e. The van der Waals surface area contributed by atoms with Crippen LogP contribution >= 0.6 is 0 Å². The number of aromatic nitrogens is 2. The number of aliphatic hydroxyl groups excluding tert-OH is 1. The molecule has 182 valence electrons. The summed E-state index contributed by atoms with van der Waals surface area (Å²) in [4.78, 5) is 14.8. The van der Waals surface area contributed by atoms with E-state index in [1.807, 2.05) is 31.4 Å². The summed E-state index contributed by atoms with van der Waals surface area (Å²) in [5, 5.41) is 28.6. The Bertz CT molecular complexity index is 1180. The standard InChI is InChI=1S/C23H25F3N4O4/c1-29-12-15-4-2-3-14(21(15)28-29)11-27-22(33)19-10-17(31)7-8-30(19)13-16-9-18(5-6-20(16)32)34-23(24,25)26/h2-6,9,12,17,19,31-32H,7-8,10-11,13H2,1H3,(H,27,33)/t17-,19+/m1/s1. The van der Waals surface area contributed by atoms with Crippen molar-refractivity contribution in [2.75, 3.05) is 6.54 Å². The number of carbonyl (C=O) groups is 1. The van der Waals surface area contributed by atoms with E-state index in [2.05, 4.69) is 15.2 Å².